The van der Waals surface area contributed by atoms with E-state index in [4.69, 9.17) is 9.84 Å². The molecule has 1 atom stereocenters. The van der Waals surface area contributed by atoms with E-state index in [-0.39, 0.29) is 0 Å². The fourth-order valence-electron chi connectivity index (χ4n) is 2.23. The van der Waals surface area contributed by atoms with Crippen LogP contribution in [0.4, 0.5) is 0 Å². The molecule has 1 unspecified atom stereocenters. The van der Waals surface area contributed by atoms with Crippen LogP contribution in [0.25, 0.3) is 0 Å². The summed E-state index contributed by atoms with van der Waals surface area (Å²) in [7, 11) is 0. The molecule has 1 fully saturated rings. The van der Waals surface area contributed by atoms with Gasteiger partial charge in [-0.25, -0.2) is 4.98 Å². The molecule has 2 rings (SSSR count). The van der Waals surface area contributed by atoms with E-state index in [0.29, 0.717) is 18.2 Å². The first-order valence-corrected chi connectivity index (χ1v) is 6.07. The molecule has 0 amide bonds. The van der Waals surface area contributed by atoms with Crippen molar-refractivity contribution in [3.05, 3.63) is 17.7 Å². The van der Waals surface area contributed by atoms with Gasteiger partial charge in [0.05, 0.1) is 0 Å². The highest BCUT2D eigenvalue weighted by molar-refractivity contribution is 5.74. The van der Waals surface area contributed by atoms with Gasteiger partial charge < -0.3 is 14.8 Å². The van der Waals surface area contributed by atoms with Gasteiger partial charge in [0.2, 0.25) is 0 Å². The van der Waals surface area contributed by atoms with Crippen LogP contribution in [0.15, 0.2) is 6.20 Å². The summed E-state index contributed by atoms with van der Waals surface area (Å²) in [6, 6.07) is 0. The van der Waals surface area contributed by atoms with Crippen LogP contribution in [0.3, 0.4) is 0 Å². The van der Waals surface area contributed by atoms with E-state index < -0.39 is 11.9 Å². The molecular formula is C12H18N2O3. The number of carbonyl (C=O) groups is 1. The second kappa shape index (κ2) is 5.31. The van der Waals surface area contributed by atoms with Crippen molar-refractivity contribution in [1.82, 2.24) is 9.97 Å². The van der Waals surface area contributed by atoms with Gasteiger partial charge in [0, 0.05) is 31.0 Å². The minimum atomic E-state index is -0.819. The van der Waals surface area contributed by atoms with Gasteiger partial charge in [0.1, 0.15) is 11.7 Å². The van der Waals surface area contributed by atoms with Crippen molar-refractivity contribution in [2.75, 3.05) is 13.2 Å². The predicted molar refractivity (Wildman–Crippen MR) is 62.0 cm³/mol. The van der Waals surface area contributed by atoms with E-state index in [0.717, 1.165) is 31.7 Å². The van der Waals surface area contributed by atoms with Gasteiger partial charge >= 0.3 is 5.97 Å². The first kappa shape index (κ1) is 12.1. The minimum absolute atomic E-state index is 0.427. The largest absolute Gasteiger partial charge is 0.481 e. The number of imidazole rings is 1. The first-order valence-electron chi connectivity index (χ1n) is 6.07. The Kier molecular flexibility index (Phi) is 3.78. The molecule has 1 aliphatic rings. The number of nitrogens with one attached hydrogen (secondary N) is 1. The molecule has 2 N–H and O–H groups in total. The van der Waals surface area contributed by atoms with Crippen LogP contribution in [-0.2, 0) is 9.53 Å². The smallest absolute Gasteiger partial charge is 0.314 e. The van der Waals surface area contributed by atoms with E-state index in [1.165, 1.54) is 0 Å². The SMILES string of the molecule is CCC(C(=O)O)c1ncc(C2CCOCC2)[nH]1. The normalized spacial score (nSPS) is 19.1. The Labute approximate surface area is 100 Å². The van der Waals surface area contributed by atoms with Crippen molar-refractivity contribution < 1.29 is 14.6 Å². The third kappa shape index (κ3) is 2.66. The molecular weight excluding hydrogens is 220 g/mol. The zero-order valence-corrected chi connectivity index (χ0v) is 9.98. The van der Waals surface area contributed by atoms with Crippen molar-refractivity contribution in [2.45, 2.75) is 38.0 Å². The number of hydrogen-bond acceptors (Lipinski definition) is 3. The van der Waals surface area contributed by atoms with Crippen LogP contribution in [0.1, 0.15) is 49.5 Å². The lowest BCUT2D eigenvalue weighted by Crippen LogP contribution is -2.15. The van der Waals surface area contributed by atoms with E-state index in [9.17, 15) is 4.79 Å². The van der Waals surface area contributed by atoms with Crippen molar-refractivity contribution in [2.24, 2.45) is 0 Å². The molecule has 0 aromatic carbocycles. The summed E-state index contributed by atoms with van der Waals surface area (Å²) in [5.41, 5.74) is 1.04. The van der Waals surface area contributed by atoms with Crippen LogP contribution in [0, 0.1) is 0 Å². The van der Waals surface area contributed by atoms with Crippen LogP contribution < -0.4 is 0 Å². The molecule has 0 saturated carbocycles. The Morgan fingerprint density at radius 2 is 2.35 bits per heavy atom. The van der Waals surface area contributed by atoms with Crippen molar-refractivity contribution in [3.8, 4) is 0 Å². The quantitative estimate of drug-likeness (QED) is 0.839. The zero-order valence-electron chi connectivity index (χ0n) is 9.98. The second-order valence-corrected chi connectivity index (χ2v) is 4.41. The number of nitrogens with zero attached hydrogens (tertiary/aromatic N) is 1. The number of carboxylic acid groups (broad SMARTS) is 1. The molecule has 1 aromatic rings. The number of rotatable bonds is 4. The van der Waals surface area contributed by atoms with Crippen molar-refractivity contribution >= 4 is 5.97 Å². The number of aromatic nitrogens is 2. The molecule has 0 bridgehead atoms. The summed E-state index contributed by atoms with van der Waals surface area (Å²) in [6.45, 7) is 3.40. The van der Waals surface area contributed by atoms with Crippen LogP contribution in [-0.4, -0.2) is 34.3 Å². The number of aliphatic carboxylic acids is 1. The monoisotopic (exact) mass is 238 g/mol. The highest BCUT2D eigenvalue weighted by Gasteiger charge is 2.23. The molecule has 2 heterocycles. The summed E-state index contributed by atoms with van der Waals surface area (Å²) in [5, 5.41) is 9.07. The predicted octanol–water partition coefficient (Wildman–Crippen LogP) is 1.88. The molecule has 0 aliphatic carbocycles. The Morgan fingerprint density at radius 1 is 1.65 bits per heavy atom. The highest BCUT2D eigenvalue weighted by Crippen LogP contribution is 2.27. The standard InChI is InChI=1S/C12H18N2O3/c1-2-9(12(15)16)11-13-7-10(14-11)8-3-5-17-6-4-8/h7-9H,2-6H2,1H3,(H,13,14)(H,15,16). The van der Waals surface area contributed by atoms with Crippen LogP contribution in [0.2, 0.25) is 0 Å². The van der Waals surface area contributed by atoms with Crippen LogP contribution in [0.5, 0.6) is 0 Å². The minimum Gasteiger partial charge on any atom is -0.481 e. The van der Waals surface area contributed by atoms with E-state index in [1.54, 1.807) is 6.20 Å². The number of ether oxygens (including phenoxy) is 1. The molecule has 5 heteroatoms. The maximum atomic E-state index is 11.0. The Hall–Kier alpha value is -1.36. The Balaban J connectivity index is 2.11. The molecule has 0 spiro atoms. The lowest BCUT2D eigenvalue weighted by Gasteiger charge is -2.20. The van der Waals surface area contributed by atoms with E-state index in [1.807, 2.05) is 6.92 Å². The average molecular weight is 238 g/mol. The molecule has 1 aromatic heterocycles. The van der Waals surface area contributed by atoms with Gasteiger partial charge in [0.15, 0.2) is 0 Å². The van der Waals surface area contributed by atoms with E-state index >= 15 is 0 Å². The van der Waals surface area contributed by atoms with Crippen molar-refractivity contribution in [3.63, 3.8) is 0 Å². The summed E-state index contributed by atoms with van der Waals surface area (Å²) >= 11 is 0. The number of carboxylic acids is 1. The Bertz CT molecular complexity index is 383. The maximum absolute atomic E-state index is 11.0. The molecule has 0 radical (unpaired) electrons. The third-order valence-corrected chi connectivity index (χ3v) is 3.31. The molecule has 17 heavy (non-hydrogen) atoms. The number of aromatic amines is 1. The number of H-pyrrole nitrogens is 1. The third-order valence-electron chi connectivity index (χ3n) is 3.31. The lowest BCUT2D eigenvalue weighted by atomic mass is 9.97. The zero-order chi connectivity index (χ0) is 12.3. The molecule has 5 nitrogen and oxygen atoms in total. The summed E-state index contributed by atoms with van der Waals surface area (Å²) < 4.78 is 5.31. The summed E-state index contributed by atoms with van der Waals surface area (Å²) in [5.74, 6) is -0.346. The van der Waals surface area contributed by atoms with E-state index in [2.05, 4.69) is 9.97 Å². The van der Waals surface area contributed by atoms with Gasteiger partial charge in [-0.3, -0.25) is 4.79 Å². The summed E-state index contributed by atoms with van der Waals surface area (Å²) in [4.78, 5) is 18.4. The van der Waals surface area contributed by atoms with Gasteiger partial charge in [0.25, 0.3) is 0 Å². The van der Waals surface area contributed by atoms with Gasteiger partial charge in [-0.15, -0.1) is 0 Å². The Morgan fingerprint density at radius 3 is 2.94 bits per heavy atom. The summed E-state index contributed by atoms with van der Waals surface area (Å²) in [6.07, 6.45) is 4.28. The highest BCUT2D eigenvalue weighted by atomic mass is 16.5. The molecule has 1 saturated heterocycles. The fraction of sp³-hybridized carbons (Fsp3) is 0.667. The number of hydrogen-bond donors (Lipinski definition) is 2. The topological polar surface area (TPSA) is 75.2 Å². The average Bonchev–Trinajstić information content (AvgIpc) is 2.80. The molecule has 1 aliphatic heterocycles. The van der Waals surface area contributed by atoms with Gasteiger partial charge in [-0.2, -0.15) is 0 Å². The maximum Gasteiger partial charge on any atom is 0.314 e. The molecule has 94 valence electrons. The fourth-order valence-corrected chi connectivity index (χ4v) is 2.23. The second-order valence-electron chi connectivity index (χ2n) is 4.41. The van der Waals surface area contributed by atoms with Crippen molar-refractivity contribution in [1.29, 1.82) is 0 Å². The lowest BCUT2D eigenvalue weighted by molar-refractivity contribution is -0.139. The van der Waals surface area contributed by atoms with Gasteiger partial charge in [-0.05, 0) is 19.3 Å². The first-order chi connectivity index (χ1) is 8.22. The van der Waals surface area contributed by atoms with Gasteiger partial charge in [-0.1, -0.05) is 6.92 Å². The van der Waals surface area contributed by atoms with Crippen LogP contribution >= 0.6 is 0 Å².